The van der Waals surface area contributed by atoms with Crippen LogP contribution in [0.3, 0.4) is 0 Å². The minimum atomic E-state index is -0.271. The summed E-state index contributed by atoms with van der Waals surface area (Å²) in [6.07, 6.45) is 0.665. The standard InChI is InChI=1S/C16H19FN4O2/c1-20-8-9-21(16(23)13-6-7-15(22)19-18-13)10-14(20)11-2-4-12(17)5-3-11/h2-5,14H,6-10H2,1H3,(H,19,22). The van der Waals surface area contributed by atoms with Gasteiger partial charge in [-0.05, 0) is 24.7 Å². The lowest BCUT2D eigenvalue weighted by Gasteiger charge is -2.40. The number of hydrazone groups is 1. The van der Waals surface area contributed by atoms with Gasteiger partial charge in [0.1, 0.15) is 11.5 Å². The van der Waals surface area contributed by atoms with E-state index in [9.17, 15) is 14.0 Å². The zero-order valence-corrected chi connectivity index (χ0v) is 13.0. The van der Waals surface area contributed by atoms with Gasteiger partial charge < -0.3 is 4.90 Å². The normalized spacial score (nSPS) is 22.5. The van der Waals surface area contributed by atoms with Crippen LogP contribution in [-0.4, -0.2) is 54.0 Å². The van der Waals surface area contributed by atoms with Crippen LogP contribution in [0.1, 0.15) is 24.4 Å². The van der Waals surface area contributed by atoms with Crippen molar-refractivity contribution in [1.82, 2.24) is 15.2 Å². The van der Waals surface area contributed by atoms with Gasteiger partial charge in [0.05, 0.1) is 6.04 Å². The van der Waals surface area contributed by atoms with Crippen LogP contribution < -0.4 is 5.43 Å². The van der Waals surface area contributed by atoms with Crippen molar-refractivity contribution in [2.45, 2.75) is 18.9 Å². The molecular weight excluding hydrogens is 299 g/mol. The van der Waals surface area contributed by atoms with Crippen molar-refractivity contribution >= 4 is 17.5 Å². The van der Waals surface area contributed by atoms with Crippen molar-refractivity contribution in [1.29, 1.82) is 0 Å². The minimum absolute atomic E-state index is 0.0204. The van der Waals surface area contributed by atoms with Crippen molar-refractivity contribution in [3.05, 3.63) is 35.6 Å². The molecule has 2 heterocycles. The van der Waals surface area contributed by atoms with Crippen LogP contribution in [0, 0.1) is 5.82 Å². The fraction of sp³-hybridized carbons (Fsp3) is 0.438. The van der Waals surface area contributed by atoms with Crippen molar-refractivity contribution in [2.24, 2.45) is 5.10 Å². The van der Waals surface area contributed by atoms with Gasteiger partial charge in [-0.3, -0.25) is 14.5 Å². The van der Waals surface area contributed by atoms with Crippen molar-refractivity contribution in [3.63, 3.8) is 0 Å². The molecule has 0 spiro atoms. The summed E-state index contributed by atoms with van der Waals surface area (Å²) < 4.78 is 13.1. The SMILES string of the molecule is CN1CCN(C(=O)C2=NNC(=O)CC2)CC1c1ccc(F)cc1. The molecule has 7 heteroatoms. The van der Waals surface area contributed by atoms with Gasteiger partial charge in [-0.1, -0.05) is 12.1 Å². The number of carbonyl (C=O) groups is 2. The number of hydrogen-bond donors (Lipinski definition) is 1. The Morgan fingerprint density at radius 1 is 1.26 bits per heavy atom. The van der Waals surface area contributed by atoms with Crippen LogP contribution in [0.25, 0.3) is 0 Å². The molecule has 1 saturated heterocycles. The van der Waals surface area contributed by atoms with Crippen LogP contribution in [0.2, 0.25) is 0 Å². The Bertz CT molecular complexity index is 644. The average molecular weight is 318 g/mol. The van der Waals surface area contributed by atoms with Crippen LogP contribution >= 0.6 is 0 Å². The first-order valence-electron chi connectivity index (χ1n) is 7.65. The molecule has 1 aromatic carbocycles. The third-order valence-corrected chi connectivity index (χ3v) is 4.34. The Morgan fingerprint density at radius 2 is 2.00 bits per heavy atom. The summed E-state index contributed by atoms with van der Waals surface area (Å²) in [6, 6.07) is 6.40. The van der Waals surface area contributed by atoms with Crippen molar-refractivity contribution in [3.8, 4) is 0 Å². The molecule has 0 aromatic heterocycles. The number of nitrogens with zero attached hydrogens (tertiary/aromatic N) is 3. The third-order valence-electron chi connectivity index (χ3n) is 4.34. The molecule has 1 fully saturated rings. The van der Waals surface area contributed by atoms with Crippen molar-refractivity contribution in [2.75, 3.05) is 26.7 Å². The van der Waals surface area contributed by atoms with E-state index in [2.05, 4.69) is 15.4 Å². The summed E-state index contributed by atoms with van der Waals surface area (Å²) in [6.45, 7) is 1.86. The molecule has 2 aliphatic heterocycles. The first-order valence-corrected chi connectivity index (χ1v) is 7.65. The first-order chi connectivity index (χ1) is 11.0. The number of nitrogens with one attached hydrogen (secondary N) is 1. The predicted molar refractivity (Wildman–Crippen MR) is 83.2 cm³/mol. The topological polar surface area (TPSA) is 65.0 Å². The number of hydrogen-bond acceptors (Lipinski definition) is 4. The first kappa shape index (κ1) is 15.6. The number of piperazine rings is 1. The lowest BCUT2D eigenvalue weighted by molar-refractivity contribution is -0.127. The van der Waals surface area contributed by atoms with Crippen LogP contribution in [0.5, 0.6) is 0 Å². The van der Waals surface area contributed by atoms with Gasteiger partial charge >= 0.3 is 0 Å². The summed E-state index contributed by atoms with van der Waals surface area (Å²) in [5.41, 5.74) is 3.73. The molecule has 23 heavy (non-hydrogen) atoms. The molecule has 2 amide bonds. The van der Waals surface area contributed by atoms with E-state index in [1.54, 1.807) is 17.0 Å². The summed E-state index contributed by atoms with van der Waals surface area (Å²) in [5, 5.41) is 3.88. The number of likely N-dealkylation sites (N-methyl/N-ethyl adjacent to an activating group) is 1. The molecule has 3 rings (SSSR count). The molecule has 0 bridgehead atoms. The van der Waals surface area contributed by atoms with Gasteiger partial charge in [-0.25, -0.2) is 9.82 Å². The molecule has 0 aliphatic carbocycles. The maximum absolute atomic E-state index is 13.1. The molecule has 2 aliphatic rings. The number of rotatable bonds is 2. The monoisotopic (exact) mass is 318 g/mol. The second-order valence-corrected chi connectivity index (χ2v) is 5.89. The highest BCUT2D eigenvalue weighted by molar-refractivity contribution is 6.39. The Labute approximate surface area is 133 Å². The smallest absolute Gasteiger partial charge is 0.270 e. The summed E-state index contributed by atoms with van der Waals surface area (Å²) >= 11 is 0. The van der Waals surface area contributed by atoms with E-state index < -0.39 is 0 Å². The third kappa shape index (κ3) is 3.39. The molecule has 6 nitrogen and oxygen atoms in total. The molecule has 1 unspecified atom stereocenters. The molecule has 1 N–H and O–H groups in total. The Hall–Kier alpha value is -2.28. The van der Waals surface area contributed by atoms with Crippen LogP contribution in [0.15, 0.2) is 29.4 Å². The van der Waals surface area contributed by atoms with E-state index in [1.165, 1.54) is 12.1 Å². The highest BCUT2D eigenvalue weighted by Gasteiger charge is 2.31. The second kappa shape index (κ2) is 6.45. The number of amides is 2. The Morgan fingerprint density at radius 3 is 2.65 bits per heavy atom. The lowest BCUT2D eigenvalue weighted by atomic mass is 10.0. The van der Waals surface area contributed by atoms with Crippen LogP contribution in [0.4, 0.5) is 4.39 Å². The highest BCUT2D eigenvalue weighted by Crippen LogP contribution is 2.24. The number of carbonyl (C=O) groups excluding carboxylic acids is 2. The van der Waals surface area contributed by atoms with E-state index in [0.717, 1.165) is 12.1 Å². The van der Waals surface area contributed by atoms with Crippen molar-refractivity contribution < 1.29 is 14.0 Å². The number of halogens is 1. The highest BCUT2D eigenvalue weighted by atomic mass is 19.1. The maximum Gasteiger partial charge on any atom is 0.270 e. The zero-order chi connectivity index (χ0) is 16.4. The van der Waals surface area contributed by atoms with E-state index in [-0.39, 0.29) is 23.7 Å². The number of benzene rings is 1. The molecule has 0 saturated carbocycles. The van der Waals surface area contributed by atoms with E-state index in [0.29, 0.717) is 31.6 Å². The quantitative estimate of drug-likeness (QED) is 0.881. The van der Waals surface area contributed by atoms with E-state index in [4.69, 9.17) is 0 Å². The molecule has 122 valence electrons. The van der Waals surface area contributed by atoms with Gasteiger partial charge in [0, 0.05) is 32.5 Å². The van der Waals surface area contributed by atoms with Gasteiger partial charge in [-0.15, -0.1) is 0 Å². The maximum atomic E-state index is 13.1. The largest absolute Gasteiger partial charge is 0.334 e. The zero-order valence-electron chi connectivity index (χ0n) is 13.0. The van der Waals surface area contributed by atoms with Gasteiger partial charge in [0.15, 0.2) is 0 Å². The summed E-state index contributed by atoms with van der Waals surface area (Å²) in [7, 11) is 1.99. The van der Waals surface area contributed by atoms with Gasteiger partial charge in [-0.2, -0.15) is 5.10 Å². The second-order valence-electron chi connectivity index (χ2n) is 5.89. The van der Waals surface area contributed by atoms with Gasteiger partial charge in [0.2, 0.25) is 5.91 Å². The van der Waals surface area contributed by atoms with Gasteiger partial charge in [0.25, 0.3) is 5.91 Å². The lowest BCUT2D eigenvalue weighted by Crippen LogP contribution is -2.51. The Balaban J connectivity index is 1.73. The van der Waals surface area contributed by atoms with E-state index in [1.807, 2.05) is 7.05 Å². The van der Waals surface area contributed by atoms with Crippen LogP contribution in [-0.2, 0) is 9.59 Å². The predicted octanol–water partition coefficient (Wildman–Crippen LogP) is 0.907. The molecule has 0 radical (unpaired) electrons. The average Bonchev–Trinajstić information content (AvgIpc) is 2.56. The fourth-order valence-electron chi connectivity index (χ4n) is 2.91. The summed E-state index contributed by atoms with van der Waals surface area (Å²) in [5.74, 6) is -0.568. The van der Waals surface area contributed by atoms with E-state index >= 15 is 0 Å². The Kier molecular flexibility index (Phi) is 4.38. The summed E-state index contributed by atoms with van der Waals surface area (Å²) in [4.78, 5) is 27.6. The molecule has 1 atom stereocenters. The molecule has 1 aromatic rings. The molecular formula is C16H19FN4O2. The minimum Gasteiger partial charge on any atom is -0.334 e. The fourth-order valence-corrected chi connectivity index (χ4v) is 2.91.